The summed E-state index contributed by atoms with van der Waals surface area (Å²) < 4.78 is 18.5. The maximum absolute atomic E-state index is 13.1. The molecule has 0 saturated heterocycles. The van der Waals surface area contributed by atoms with E-state index in [1.54, 1.807) is 6.92 Å². The Morgan fingerprint density at radius 1 is 1.63 bits per heavy atom. The maximum atomic E-state index is 13.1. The molecule has 1 aromatic rings. The SMILES string of the molecule is CC(CCC(=O)O)Oc1c(Br)cc(F)cc1[N+](=O)[O-]. The Hall–Kier alpha value is -1.70. The molecule has 0 aliphatic heterocycles. The minimum atomic E-state index is -0.983. The number of nitro benzene ring substituents is 1. The largest absolute Gasteiger partial charge is 0.483 e. The Kier molecular flexibility index (Phi) is 5.22. The third-order valence-corrected chi connectivity index (χ3v) is 2.86. The summed E-state index contributed by atoms with van der Waals surface area (Å²) in [4.78, 5) is 20.5. The van der Waals surface area contributed by atoms with Gasteiger partial charge in [-0.2, -0.15) is 0 Å². The van der Waals surface area contributed by atoms with Crippen LogP contribution in [0.25, 0.3) is 0 Å². The van der Waals surface area contributed by atoms with Crippen LogP contribution in [0.3, 0.4) is 0 Å². The fourth-order valence-corrected chi connectivity index (χ4v) is 1.90. The summed E-state index contributed by atoms with van der Waals surface area (Å²) in [7, 11) is 0. The molecule has 1 atom stereocenters. The molecule has 0 amide bonds. The van der Waals surface area contributed by atoms with Gasteiger partial charge in [-0.25, -0.2) is 4.39 Å². The minimum Gasteiger partial charge on any atom is -0.483 e. The summed E-state index contributed by atoms with van der Waals surface area (Å²) in [6.07, 6.45) is -0.471. The summed E-state index contributed by atoms with van der Waals surface area (Å²) in [6.45, 7) is 1.59. The van der Waals surface area contributed by atoms with E-state index in [1.807, 2.05) is 0 Å². The van der Waals surface area contributed by atoms with Crippen molar-refractivity contribution in [3.05, 3.63) is 32.5 Å². The Morgan fingerprint density at radius 2 is 2.26 bits per heavy atom. The highest BCUT2D eigenvalue weighted by Gasteiger charge is 2.22. The molecule has 0 fully saturated rings. The minimum absolute atomic E-state index is 0.107. The van der Waals surface area contributed by atoms with Gasteiger partial charge < -0.3 is 9.84 Å². The van der Waals surface area contributed by atoms with E-state index in [0.29, 0.717) is 0 Å². The summed E-state index contributed by atoms with van der Waals surface area (Å²) in [5.74, 6) is -1.85. The molecule has 0 aromatic heterocycles. The third-order valence-electron chi connectivity index (χ3n) is 2.27. The van der Waals surface area contributed by atoms with Gasteiger partial charge in [0.1, 0.15) is 5.82 Å². The molecule has 19 heavy (non-hydrogen) atoms. The number of nitrogens with zero attached hydrogens (tertiary/aromatic N) is 1. The predicted octanol–water partition coefficient (Wildman–Crippen LogP) is 3.13. The van der Waals surface area contributed by atoms with E-state index in [1.165, 1.54) is 0 Å². The van der Waals surface area contributed by atoms with E-state index < -0.39 is 28.5 Å². The number of carboxylic acids is 1. The van der Waals surface area contributed by atoms with Gasteiger partial charge in [0.05, 0.1) is 21.6 Å². The van der Waals surface area contributed by atoms with Crippen LogP contribution in [-0.2, 0) is 4.79 Å². The standard InChI is InChI=1S/C11H11BrFNO5/c1-6(2-3-10(15)16)19-11-8(12)4-7(13)5-9(11)14(17)18/h4-6H,2-3H2,1H3,(H,15,16). The van der Waals surface area contributed by atoms with Gasteiger partial charge in [0.15, 0.2) is 0 Å². The second-order valence-corrected chi connectivity index (χ2v) is 4.71. The van der Waals surface area contributed by atoms with Crippen molar-refractivity contribution in [2.75, 3.05) is 0 Å². The summed E-state index contributed by atoms with van der Waals surface area (Å²) in [5.41, 5.74) is -0.506. The lowest BCUT2D eigenvalue weighted by atomic mass is 10.2. The molecule has 104 valence electrons. The molecule has 0 heterocycles. The van der Waals surface area contributed by atoms with Crippen molar-refractivity contribution in [3.63, 3.8) is 0 Å². The second kappa shape index (κ2) is 6.46. The quantitative estimate of drug-likeness (QED) is 0.637. The van der Waals surface area contributed by atoms with E-state index in [-0.39, 0.29) is 23.1 Å². The fraction of sp³-hybridized carbons (Fsp3) is 0.364. The zero-order valence-corrected chi connectivity index (χ0v) is 11.5. The van der Waals surface area contributed by atoms with Crippen molar-refractivity contribution in [2.24, 2.45) is 0 Å². The highest BCUT2D eigenvalue weighted by Crippen LogP contribution is 2.36. The maximum Gasteiger partial charge on any atom is 0.315 e. The molecule has 1 N–H and O–H groups in total. The summed E-state index contributed by atoms with van der Waals surface area (Å²) in [6, 6.07) is 1.80. The van der Waals surface area contributed by atoms with Gasteiger partial charge in [0.2, 0.25) is 5.75 Å². The lowest BCUT2D eigenvalue weighted by molar-refractivity contribution is -0.386. The predicted molar refractivity (Wildman–Crippen MR) is 67.7 cm³/mol. The lowest BCUT2D eigenvalue weighted by Gasteiger charge is -2.15. The first kappa shape index (κ1) is 15.4. The molecule has 0 radical (unpaired) electrons. The number of nitro groups is 1. The fourth-order valence-electron chi connectivity index (χ4n) is 1.39. The van der Waals surface area contributed by atoms with E-state index in [2.05, 4.69) is 15.9 Å². The van der Waals surface area contributed by atoms with Gasteiger partial charge >= 0.3 is 11.7 Å². The second-order valence-electron chi connectivity index (χ2n) is 3.85. The van der Waals surface area contributed by atoms with Gasteiger partial charge in [-0.3, -0.25) is 14.9 Å². The molecule has 1 rings (SSSR count). The van der Waals surface area contributed by atoms with E-state index >= 15 is 0 Å². The number of hydrogen-bond acceptors (Lipinski definition) is 4. The number of hydrogen-bond donors (Lipinski definition) is 1. The normalized spacial score (nSPS) is 11.9. The average Bonchev–Trinajstić information content (AvgIpc) is 2.29. The molecule has 1 aromatic carbocycles. The number of carbonyl (C=O) groups is 1. The number of ether oxygens (including phenoxy) is 1. The molecule has 1 unspecified atom stereocenters. The molecular formula is C11H11BrFNO5. The van der Waals surface area contributed by atoms with Crippen LogP contribution in [0.5, 0.6) is 5.75 Å². The van der Waals surface area contributed by atoms with Gasteiger partial charge in [0.25, 0.3) is 0 Å². The molecule has 0 saturated carbocycles. The molecule has 0 spiro atoms. The van der Waals surface area contributed by atoms with Gasteiger partial charge in [-0.1, -0.05) is 0 Å². The first-order chi connectivity index (χ1) is 8.81. The van der Waals surface area contributed by atoms with Crippen molar-refractivity contribution < 1.29 is 24.0 Å². The zero-order valence-electron chi connectivity index (χ0n) is 9.93. The van der Waals surface area contributed by atoms with Crippen molar-refractivity contribution in [1.29, 1.82) is 0 Å². The third kappa shape index (κ3) is 4.47. The van der Waals surface area contributed by atoms with Gasteiger partial charge in [-0.05, 0) is 35.3 Å². The molecule has 0 bridgehead atoms. The molecule has 0 aliphatic rings. The first-order valence-electron chi connectivity index (χ1n) is 5.33. The van der Waals surface area contributed by atoms with Crippen LogP contribution in [0.4, 0.5) is 10.1 Å². The van der Waals surface area contributed by atoms with Crippen LogP contribution < -0.4 is 4.74 Å². The molecule has 6 nitrogen and oxygen atoms in total. The van der Waals surface area contributed by atoms with Gasteiger partial charge in [-0.15, -0.1) is 0 Å². The zero-order chi connectivity index (χ0) is 14.6. The summed E-state index contributed by atoms with van der Waals surface area (Å²) >= 11 is 2.99. The van der Waals surface area contributed by atoms with E-state index in [0.717, 1.165) is 12.1 Å². The summed E-state index contributed by atoms with van der Waals surface area (Å²) in [5, 5.41) is 19.4. The van der Waals surface area contributed by atoms with Gasteiger partial charge in [0, 0.05) is 6.42 Å². The number of rotatable bonds is 6. The average molecular weight is 336 g/mol. The van der Waals surface area contributed by atoms with Crippen LogP contribution in [0, 0.1) is 15.9 Å². The number of benzene rings is 1. The highest BCUT2D eigenvalue weighted by molar-refractivity contribution is 9.10. The number of carboxylic acid groups (broad SMARTS) is 1. The smallest absolute Gasteiger partial charge is 0.315 e. The van der Waals surface area contributed by atoms with E-state index in [4.69, 9.17) is 9.84 Å². The van der Waals surface area contributed by atoms with Crippen LogP contribution in [0.15, 0.2) is 16.6 Å². The van der Waals surface area contributed by atoms with Crippen LogP contribution in [0.2, 0.25) is 0 Å². The Morgan fingerprint density at radius 3 is 2.79 bits per heavy atom. The number of aliphatic carboxylic acids is 1. The van der Waals surface area contributed by atoms with Crippen molar-refractivity contribution >= 4 is 27.6 Å². The first-order valence-corrected chi connectivity index (χ1v) is 6.12. The Labute approximate surface area is 116 Å². The molecule has 0 aliphatic carbocycles. The highest BCUT2D eigenvalue weighted by atomic mass is 79.9. The Balaban J connectivity index is 2.93. The van der Waals surface area contributed by atoms with Crippen LogP contribution in [0.1, 0.15) is 19.8 Å². The molecular weight excluding hydrogens is 325 g/mol. The monoisotopic (exact) mass is 335 g/mol. The number of halogens is 2. The van der Waals surface area contributed by atoms with Crippen LogP contribution >= 0.6 is 15.9 Å². The van der Waals surface area contributed by atoms with Crippen LogP contribution in [-0.4, -0.2) is 22.1 Å². The van der Waals surface area contributed by atoms with Crippen molar-refractivity contribution in [1.82, 2.24) is 0 Å². The van der Waals surface area contributed by atoms with Crippen molar-refractivity contribution in [2.45, 2.75) is 25.9 Å². The topological polar surface area (TPSA) is 89.7 Å². The lowest BCUT2D eigenvalue weighted by Crippen LogP contribution is -2.15. The van der Waals surface area contributed by atoms with Crippen molar-refractivity contribution in [3.8, 4) is 5.75 Å². The Bertz CT molecular complexity index is 508. The molecule has 8 heteroatoms. The van der Waals surface area contributed by atoms with E-state index in [9.17, 15) is 19.3 Å².